The van der Waals surface area contributed by atoms with Gasteiger partial charge in [-0.2, -0.15) is 9.97 Å². The second-order valence-corrected chi connectivity index (χ2v) is 10.8. The fourth-order valence-electron chi connectivity index (χ4n) is 4.89. The zero-order chi connectivity index (χ0) is 31.5. The Hall–Kier alpha value is -5.46. The number of fused-ring (bicyclic) bond motifs is 2. The number of likely N-dealkylation sites (N-methyl/N-ethyl adjacent to an activating group) is 2. The number of hydrogen-bond acceptors (Lipinski definition) is 8. The number of carbonyl (C=O) groups excluding carboxylic acids is 1. The normalized spacial score (nSPS) is 11.9. The fourth-order valence-corrected chi connectivity index (χ4v) is 4.89. The molecule has 1 aliphatic heterocycles. The maximum absolute atomic E-state index is 14.0. The van der Waals surface area contributed by atoms with Gasteiger partial charge < -0.3 is 34.5 Å². The summed E-state index contributed by atoms with van der Waals surface area (Å²) >= 11 is 0. The SMILES string of the molecule is Cc1cccc(Cn2cnc3c(NCc4ccc5c(c4)OCO5)nc(N(C)CCN(C)C(=O)Nc4ccc(F)cc4F)nc32)c1. The van der Waals surface area contributed by atoms with Gasteiger partial charge in [0.1, 0.15) is 11.6 Å². The number of anilines is 3. The highest BCUT2D eigenvalue weighted by atomic mass is 19.1. The average Bonchev–Trinajstić information content (AvgIpc) is 3.66. The molecule has 3 heterocycles. The Bertz CT molecular complexity index is 1860. The van der Waals surface area contributed by atoms with Crippen LogP contribution in [0.15, 0.2) is 67.0 Å². The summed E-state index contributed by atoms with van der Waals surface area (Å²) in [6.07, 6.45) is 1.75. The molecule has 0 bridgehead atoms. The van der Waals surface area contributed by atoms with Crippen molar-refractivity contribution in [2.24, 2.45) is 0 Å². The number of carbonyl (C=O) groups is 1. The molecule has 3 aromatic carbocycles. The van der Waals surface area contributed by atoms with Crippen molar-refractivity contribution >= 4 is 34.6 Å². The minimum absolute atomic E-state index is 0.101. The first-order chi connectivity index (χ1) is 21.7. The van der Waals surface area contributed by atoms with Gasteiger partial charge in [-0.05, 0) is 42.3 Å². The first kappa shape index (κ1) is 29.6. The van der Waals surface area contributed by atoms with Crippen LogP contribution in [-0.2, 0) is 13.1 Å². The second kappa shape index (κ2) is 12.6. The van der Waals surface area contributed by atoms with Gasteiger partial charge in [-0.15, -0.1) is 0 Å². The van der Waals surface area contributed by atoms with Gasteiger partial charge in [-0.25, -0.2) is 18.6 Å². The topological polar surface area (TPSA) is 110 Å². The Labute approximate surface area is 258 Å². The molecule has 232 valence electrons. The van der Waals surface area contributed by atoms with E-state index in [4.69, 9.17) is 19.4 Å². The molecule has 0 atom stereocenters. The Morgan fingerprint density at radius 2 is 1.82 bits per heavy atom. The predicted molar refractivity (Wildman–Crippen MR) is 167 cm³/mol. The summed E-state index contributed by atoms with van der Waals surface area (Å²) in [6, 6.07) is 16.5. The molecule has 2 aromatic heterocycles. The molecular formula is C32H32F2N8O3. The average molecular weight is 615 g/mol. The summed E-state index contributed by atoms with van der Waals surface area (Å²) in [4.78, 5) is 30.2. The number of aryl methyl sites for hydroxylation is 1. The van der Waals surface area contributed by atoms with Crippen molar-refractivity contribution in [2.45, 2.75) is 20.0 Å². The third-order valence-electron chi connectivity index (χ3n) is 7.42. The number of urea groups is 1. The molecule has 2 N–H and O–H groups in total. The summed E-state index contributed by atoms with van der Waals surface area (Å²) < 4.78 is 40.2. The second-order valence-electron chi connectivity index (χ2n) is 10.8. The number of rotatable bonds is 10. The number of imidazole rings is 1. The number of nitrogens with one attached hydrogen (secondary N) is 2. The standard InChI is InChI=1S/C32H32F2N8O3/c1-20-5-4-6-22(13-20)17-42-18-36-28-29(35-16-21-7-10-26-27(14-21)45-19-44-26)38-31(39-30(28)42)40(2)11-12-41(3)32(43)37-25-9-8-23(33)15-24(25)34/h4-10,13-15,18H,11-12,16-17,19H2,1-3H3,(H,37,43)(H,35,38,39). The smallest absolute Gasteiger partial charge is 0.321 e. The number of aromatic nitrogens is 4. The van der Waals surface area contributed by atoms with Crippen molar-refractivity contribution in [1.82, 2.24) is 24.4 Å². The van der Waals surface area contributed by atoms with Gasteiger partial charge in [-0.1, -0.05) is 35.9 Å². The van der Waals surface area contributed by atoms with E-state index in [1.165, 1.54) is 11.0 Å². The van der Waals surface area contributed by atoms with Crippen molar-refractivity contribution in [2.75, 3.05) is 49.5 Å². The quantitative estimate of drug-likeness (QED) is 0.215. The predicted octanol–water partition coefficient (Wildman–Crippen LogP) is 5.40. The lowest BCUT2D eigenvalue weighted by Gasteiger charge is -2.23. The maximum atomic E-state index is 14.0. The van der Waals surface area contributed by atoms with Crippen LogP contribution in [0.25, 0.3) is 11.2 Å². The van der Waals surface area contributed by atoms with Crippen molar-refractivity contribution < 1.29 is 23.0 Å². The Morgan fingerprint density at radius 3 is 2.64 bits per heavy atom. The van der Waals surface area contributed by atoms with Gasteiger partial charge in [0.05, 0.1) is 18.6 Å². The highest BCUT2D eigenvalue weighted by Crippen LogP contribution is 2.33. The van der Waals surface area contributed by atoms with Gasteiger partial charge in [0.15, 0.2) is 28.5 Å². The Kier molecular flexibility index (Phi) is 8.32. The zero-order valence-electron chi connectivity index (χ0n) is 25.1. The summed E-state index contributed by atoms with van der Waals surface area (Å²) in [5.41, 5.74) is 4.43. The molecule has 6 rings (SSSR count). The molecule has 13 heteroatoms. The van der Waals surface area contributed by atoms with Crippen LogP contribution < -0.4 is 25.0 Å². The third kappa shape index (κ3) is 6.71. The maximum Gasteiger partial charge on any atom is 0.321 e. The van der Waals surface area contributed by atoms with E-state index in [1.807, 2.05) is 40.8 Å². The minimum atomic E-state index is -0.848. The zero-order valence-corrected chi connectivity index (χ0v) is 25.1. The van der Waals surface area contributed by atoms with E-state index in [0.29, 0.717) is 54.1 Å². The molecule has 0 fully saturated rings. The first-order valence-corrected chi connectivity index (χ1v) is 14.3. The van der Waals surface area contributed by atoms with Crippen LogP contribution in [-0.4, -0.2) is 64.4 Å². The lowest BCUT2D eigenvalue weighted by molar-refractivity contribution is 0.174. The van der Waals surface area contributed by atoms with Crippen molar-refractivity contribution in [3.8, 4) is 11.5 Å². The summed E-state index contributed by atoms with van der Waals surface area (Å²) in [5, 5.41) is 5.88. The van der Waals surface area contributed by atoms with E-state index in [-0.39, 0.29) is 19.0 Å². The minimum Gasteiger partial charge on any atom is -0.454 e. The van der Waals surface area contributed by atoms with Gasteiger partial charge in [0.2, 0.25) is 12.7 Å². The molecular weight excluding hydrogens is 582 g/mol. The molecule has 45 heavy (non-hydrogen) atoms. The first-order valence-electron chi connectivity index (χ1n) is 14.3. The monoisotopic (exact) mass is 614 g/mol. The van der Waals surface area contributed by atoms with Crippen molar-refractivity contribution in [3.05, 3.63) is 95.3 Å². The van der Waals surface area contributed by atoms with E-state index >= 15 is 0 Å². The van der Waals surface area contributed by atoms with Gasteiger partial charge in [0, 0.05) is 39.8 Å². The van der Waals surface area contributed by atoms with Crippen molar-refractivity contribution in [1.29, 1.82) is 0 Å². The van der Waals surface area contributed by atoms with E-state index < -0.39 is 17.7 Å². The lowest BCUT2D eigenvalue weighted by atomic mass is 10.1. The largest absolute Gasteiger partial charge is 0.454 e. The van der Waals surface area contributed by atoms with Crippen LogP contribution in [0.4, 0.5) is 31.0 Å². The van der Waals surface area contributed by atoms with Crippen LogP contribution in [0.1, 0.15) is 16.7 Å². The highest BCUT2D eigenvalue weighted by Gasteiger charge is 2.19. The molecule has 0 spiro atoms. The molecule has 5 aromatic rings. The van der Waals surface area contributed by atoms with Crippen LogP contribution in [0.5, 0.6) is 11.5 Å². The number of benzene rings is 3. The Morgan fingerprint density at radius 1 is 0.978 bits per heavy atom. The molecule has 2 amide bonds. The van der Waals surface area contributed by atoms with E-state index in [2.05, 4.69) is 40.7 Å². The molecule has 0 saturated heterocycles. The lowest BCUT2D eigenvalue weighted by Crippen LogP contribution is -2.38. The molecule has 0 saturated carbocycles. The van der Waals surface area contributed by atoms with Crippen molar-refractivity contribution in [3.63, 3.8) is 0 Å². The number of ether oxygens (including phenoxy) is 2. The van der Waals surface area contributed by atoms with Crippen LogP contribution in [0.3, 0.4) is 0 Å². The van der Waals surface area contributed by atoms with E-state index in [1.54, 1.807) is 13.4 Å². The molecule has 0 unspecified atom stereocenters. The number of hydrogen-bond donors (Lipinski definition) is 2. The van der Waals surface area contributed by atoms with Gasteiger partial charge in [0.25, 0.3) is 0 Å². The molecule has 1 aliphatic rings. The summed E-state index contributed by atoms with van der Waals surface area (Å²) in [5.74, 6) is 0.824. The summed E-state index contributed by atoms with van der Waals surface area (Å²) in [6.45, 7) is 3.93. The third-order valence-corrected chi connectivity index (χ3v) is 7.42. The van der Waals surface area contributed by atoms with E-state index in [0.717, 1.165) is 28.8 Å². The number of nitrogens with zero attached hydrogens (tertiary/aromatic N) is 6. The number of halogens is 2. The van der Waals surface area contributed by atoms with Crippen LogP contribution in [0, 0.1) is 18.6 Å². The van der Waals surface area contributed by atoms with E-state index in [9.17, 15) is 13.6 Å². The Balaban J connectivity index is 1.22. The molecule has 0 radical (unpaired) electrons. The molecule has 0 aliphatic carbocycles. The highest BCUT2D eigenvalue weighted by molar-refractivity contribution is 5.89. The fraction of sp³-hybridized carbons (Fsp3) is 0.250. The number of amides is 2. The van der Waals surface area contributed by atoms with Crippen LogP contribution in [0.2, 0.25) is 0 Å². The molecule has 11 nitrogen and oxygen atoms in total. The van der Waals surface area contributed by atoms with Gasteiger partial charge in [-0.3, -0.25) is 0 Å². The summed E-state index contributed by atoms with van der Waals surface area (Å²) in [7, 11) is 3.42. The van der Waals surface area contributed by atoms with Gasteiger partial charge >= 0.3 is 6.03 Å². The van der Waals surface area contributed by atoms with Crippen LogP contribution >= 0.6 is 0 Å².